The van der Waals surface area contributed by atoms with Crippen LogP contribution in [0.15, 0.2) is 10.4 Å². The number of aryl methyl sites for hydroxylation is 1. The summed E-state index contributed by atoms with van der Waals surface area (Å²) in [4.78, 5) is 15.3. The molecular weight excluding hydrogens is 300 g/mol. The lowest BCUT2D eigenvalue weighted by molar-refractivity contribution is -0.140. The molecule has 1 saturated carbocycles. The van der Waals surface area contributed by atoms with E-state index in [2.05, 4.69) is 9.71 Å². The second-order valence-electron chi connectivity index (χ2n) is 5.03. The predicted octanol–water partition coefficient (Wildman–Crippen LogP) is 1.76. The minimum atomic E-state index is -3.81. The van der Waals surface area contributed by atoms with Gasteiger partial charge >= 0.3 is 5.97 Å². The van der Waals surface area contributed by atoms with E-state index in [0.717, 1.165) is 43.4 Å². The van der Waals surface area contributed by atoms with E-state index in [1.165, 1.54) is 6.20 Å². The normalized spacial score (nSPS) is 18.9. The Hall–Kier alpha value is -0.990. The van der Waals surface area contributed by atoms with Gasteiger partial charge < -0.3 is 5.11 Å². The minimum absolute atomic E-state index is 0.0667. The third kappa shape index (κ3) is 3.56. The summed E-state index contributed by atoms with van der Waals surface area (Å²) in [6.45, 7) is 1.71. The van der Waals surface area contributed by atoms with Crippen LogP contribution < -0.4 is 4.72 Å². The molecule has 0 saturated heterocycles. The first kappa shape index (κ1) is 15.4. The first-order valence-corrected chi connectivity index (χ1v) is 8.87. The first-order chi connectivity index (χ1) is 9.40. The molecule has 1 aliphatic rings. The molecule has 0 bridgehead atoms. The van der Waals surface area contributed by atoms with Gasteiger partial charge in [0, 0.05) is 0 Å². The van der Waals surface area contributed by atoms with Gasteiger partial charge in [-0.1, -0.05) is 19.3 Å². The van der Waals surface area contributed by atoms with Gasteiger partial charge in [-0.05, 0) is 25.7 Å². The highest BCUT2D eigenvalue weighted by atomic mass is 32.2. The Kier molecular flexibility index (Phi) is 4.77. The Morgan fingerprint density at radius 1 is 1.45 bits per heavy atom. The number of hydrogen-bond donors (Lipinski definition) is 2. The smallest absolute Gasteiger partial charge is 0.322 e. The lowest BCUT2D eigenvalue weighted by Gasteiger charge is -2.27. The number of hydrogen-bond acceptors (Lipinski definition) is 5. The highest BCUT2D eigenvalue weighted by Crippen LogP contribution is 2.28. The lowest BCUT2D eigenvalue weighted by Crippen LogP contribution is -2.46. The van der Waals surface area contributed by atoms with E-state index in [4.69, 9.17) is 0 Å². The minimum Gasteiger partial charge on any atom is -0.480 e. The quantitative estimate of drug-likeness (QED) is 0.862. The summed E-state index contributed by atoms with van der Waals surface area (Å²) in [6, 6.07) is -1.05. The van der Waals surface area contributed by atoms with Crippen LogP contribution in [0.3, 0.4) is 0 Å². The largest absolute Gasteiger partial charge is 0.480 e. The van der Waals surface area contributed by atoms with Gasteiger partial charge in [0.25, 0.3) is 10.0 Å². The molecule has 8 heteroatoms. The standard InChI is InChI=1S/C12H18N2O4S2/c1-8-13-7-10(19-8)20(17,18)14-11(12(15)16)9-5-3-2-4-6-9/h7,9,11,14H,2-6H2,1H3,(H,15,16). The van der Waals surface area contributed by atoms with Gasteiger partial charge in [-0.2, -0.15) is 4.72 Å². The number of thiazole rings is 1. The van der Waals surface area contributed by atoms with Gasteiger partial charge in [-0.15, -0.1) is 11.3 Å². The number of nitrogens with zero attached hydrogens (tertiary/aromatic N) is 1. The molecule has 1 atom stereocenters. The van der Waals surface area contributed by atoms with E-state index >= 15 is 0 Å². The molecule has 0 spiro atoms. The maximum Gasteiger partial charge on any atom is 0.322 e. The predicted molar refractivity (Wildman–Crippen MR) is 75.2 cm³/mol. The Morgan fingerprint density at radius 2 is 2.10 bits per heavy atom. The monoisotopic (exact) mass is 318 g/mol. The Balaban J connectivity index is 2.17. The summed E-state index contributed by atoms with van der Waals surface area (Å²) in [6.07, 6.45) is 5.76. The molecule has 1 aliphatic carbocycles. The Morgan fingerprint density at radius 3 is 2.60 bits per heavy atom. The van der Waals surface area contributed by atoms with Crippen molar-refractivity contribution in [3.63, 3.8) is 0 Å². The zero-order valence-corrected chi connectivity index (χ0v) is 12.8. The van der Waals surface area contributed by atoms with Crippen molar-refractivity contribution in [1.29, 1.82) is 0 Å². The van der Waals surface area contributed by atoms with Crippen molar-refractivity contribution in [3.05, 3.63) is 11.2 Å². The van der Waals surface area contributed by atoms with E-state index in [1.807, 2.05) is 0 Å². The lowest BCUT2D eigenvalue weighted by atomic mass is 9.84. The van der Waals surface area contributed by atoms with Gasteiger partial charge in [-0.25, -0.2) is 13.4 Å². The van der Waals surface area contributed by atoms with Crippen molar-refractivity contribution in [2.45, 2.75) is 49.3 Å². The summed E-state index contributed by atoms with van der Waals surface area (Å²) >= 11 is 1.04. The average Bonchev–Trinajstić information content (AvgIpc) is 2.84. The average molecular weight is 318 g/mol. The van der Waals surface area contributed by atoms with E-state index in [-0.39, 0.29) is 10.1 Å². The summed E-state index contributed by atoms with van der Waals surface area (Å²) in [5.41, 5.74) is 0. The van der Waals surface area contributed by atoms with Gasteiger partial charge in [0.2, 0.25) is 0 Å². The molecule has 6 nitrogen and oxygen atoms in total. The third-order valence-corrected chi connectivity index (χ3v) is 6.35. The van der Waals surface area contributed by atoms with Gasteiger partial charge in [0.05, 0.1) is 11.2 Å². The highest BCUT2D eigenvalue weighted by Gasteiger charge is 2.34. The van der Waals surface area contributed by atoms with Crippen LogP contribution in [0.2, 0.25) is 0 Å². The number of rotatable bonds is 5. The zero-order valence-electron chi connectivity index (χ0n) is 11.2. The molecule has 0 radical (unpaired) electrons. The summed E-state index contributed by atoms with van der Waals surface area (Å²) in [5, 5.41) is 9.94. The maximum atomic E-state index is 12.2. The number of aliphatic carboxylic acids is 1. The van der Waals surface area contributed by atoms with Gasteiger partial charge in [0.15, 0.2) is 4.21 Å². The molecule has 1 aromatic heterocycles. The van der Waals surface area contributed by atoms with Gasteiger partial charge in [-0.3, -0.25) is 4.79 Å². The molecule has 0 amide bonds. The second-order valence-corrected chi connectivity index (χ2v) is 8.21. The molecule has 112 valence electrons. The van der Waals surface area contributed by atoms with Crippen LogP contribution in [0.1, 0.15) is 37.1 Å². The molecule has 2 N–H and O–H groups in total. The van der Waals surface area contributed by atoms with Crippen LogP contribution in [0.4, 0.5) is 0 Å². The number of carbonyl (C=O) groups is 1. The molecule has 1 fully saturated rings. The van der Waals surface area contributed by atoms with Crippen molar-refractivity contribution < 1.29 is 18.3 Å². The number of carboxylic acid groups (broad SMARTS) is 1. The molecule has 2 rings (SSSR count). The molecule has 1 unspecified atom stereocenters. The molecule has 20 heavy (non-hydrogen) atoms. The second kappa shape index (κ2) is 6.19. The van der Waals surface area contributed by atoms with Crippen LogP contribution >= 0.6 is 11.3 Å². The summed E-state index contributed by atoms with van der Waals surface area (Å²) < 4.78 is 26.8. The van der Waals surface area contributed by atoms with Crippen LogP contribution in [0.25, 0.3) is 0 Å². The fourth-order valence-electron chi connectivity index (χ4n) is 2.51. The first-order valence-electron chi connectivity index (χ1n) is 6.58. The number of carboxylic acids is 1. The van der Waals surface area contributed by atoms with Crippen molar-refractivity contribution in [1.82, 2.24) is 9.71 Å². The topological polar surface area (TPSA) is 96.4 Å². The van der Waals surface area contributed by atoms with Gasteiger partial charge in [0.1, 0.15) is 6.04 Å². The molecule has 0 aliphatic heterocycles. The fourth-order valence-corrected chi connectivity index (χ4v) is 4.89. The molecule has 1 aromatic rings. The van der Waals surface area contributed by atoms with Crippen molar-refractivity contribution in [3.8, 4) is 0 Å². The summed E-state index contributed by atoms with van der Waals surface area (Å²) in [5.74, 6) is -1.24. The maximum absolute atomic E-state index is 12.2. The Labute approximate surface area is 122 Å². The fraction of sp³-hybridized carbons (Fsp3) is 0.667. The summed E-state index contributed by atoms with van der Waals surface area (Å²) in [7, 11) is -3.81. The van der Waals surface area contributed by atoms with E-state index in [0.29, 0.717) is 5.01 Å². The Bertz CT molecular complexity index is 576. The van der Waals surface area contributed by atoms with Crippen LogP contribution in [0.5, 0.6) is 0 Å². The van der Waals surface area contributed by atoms with Crippen LogP contribution in [-0.4, -0.2) is 30.5 Å². The van der Waals surface area contributed by atoms with Crippen molar-refractivity contribution in [2.24, 2.45) is 5.92 Å². The third-order valence-electron chi connectivity index (χ3n) is 3.53. The van der Waals surface area contributed by atoms with Crippen molar-refractivity contribution >= 4 is 27.3 Å². The molecule has 1 heterocycles. The van der Waals surface area contributed by atoms with Crippen LogP contribution in [-0.2, 0) is 14.8 Å². The SMILES string of the molecule is Cc1ncc(S(=O)(=O)NC(C(=O)O)C2CCCCC2)s1. The number of sulfonamides is 1. The van der Waals surface area contributed by atoms with E-state index < -0.39 is 22.0 Å². The number of nitrogens with one attached hydrogen (secondary N) is 1. The van der Waals surface area contributed by atoms with E-state index in [1.54, 1.807) is 6.92 Å². The number of aromatic nitrogens is 1. The van der Waals surface area contributed by atoms with Crippen LogP contribution in [0, 0.1) is 12.8 Å². The highest BCUT2D eigenvalue weighted by molar-refractivity contribution is 7.91. The zero-order chi connectivity index (χ0) is 14.8. The van der Waals surface area contributed by atoms with E-state index in [9.17, 15) is 18.3 Å². The molecular formula is C12H18N2O4S2. The van der Waals surface area contributed by atoms with Crippen molar-refractivity contribution in [2.75, 3.05) is 0 Å². The molecule has 0 aromatic carbocycles.